The van der Waals surface area contributed by atoms with Gasteiger partial charge in [-0.1, -0.05) is 6.92 Å². The Morgan fingerprint density at radius 1 is 1.57 bits per heavy atom. The molecule has 1 saturated heterocycles. The molecule has 2 rings (SSSR count). The minimum absolute atomic E-state index is 0.493. The highest BCUT2D eigenvalue weighted by Gasteiger charge is 2.25. The van der Waals surface area contributed by atoms with E-state index in [0.717, 1.165) is 0 Å². The van der Waals surface area contributed by atoms with Gasteiger partial charge in [-0.15, -0.1) is 23.1 Å². The zero-order valence-electron chi connectivity index (χ0n) is 7.72. The van der Waals surface area contributed by atoms with E-state index in [1.165, 1.54) is 25.3 Å². The summed E-state index contributed by atoms with van der Waals surface area (Å²) < 4.78 is 2.36. The van der Waals surface area contributed by atoms with Crippen LogP contribution in [-0.2, 0) is 0 Å². The average molecular weight is 357 g/mol. The van der Waals surface area contributed by atoms with Crippen molar-refractivity contribution in [3.8, 4) is 0 Å². The lowest BCUT2D eigenvalue weighted by Crippen LogP contribution is -2.24. The van der Waals surface area contributed by atoms with Crippen molar-refractivity contribution in [3.63, 3.8) is 0 Å². The maximum absolute atomic E-state index is 3.63. The lowest BCUT2D eigenvalue weighted by atomic mass is 10.2. The van der Waals surface area contributed by atoms with E-state index >= 15 is 0 Å². The van der Waals surface area contributed by atoms with Crippen LogP contribution in [0.1, 0.15) is 23.6 Å². The minimum Gasteiger partial charge on any atom is -0.297 e. The highest BCUT2D eigenvalue weighted by Crippen LogP contribution is 2.41. The van der Waals surface area contributed by atoms with E-state index in [-0.39, 0.29) is 0 Å². The van der Waals surface area contributed by atoms with Gasteiger partial charge in [0, 0.05) is 21.1 Å². The monoisotopic (exact) mass is 355 g/mol. The maximum atomic E-state index is 3.63. The number of hydrogen-bond donors (Lipinski definition) is 1. The normalized spacial score (nSPS) is 27.1. The summed E-state index contributed by atoms with van der Waals surface area (Å²) in [6.07, 6.45) is 1.22. The highest BCUT2D eigenvalue weighted by atomic mass is 79.9. The number of hydrogen-bond acceptors (Lipinski definition) is 3. The van der Waals surface area contributed by atoms with Gasteiger partial charge >= 0.3 is 0 Å². The van der Waals surface area contributed by atoms with Crippen LogP contribution in [0.15, 0.2) is 14.3 Å². The summed E-state index contributed by atoms with van der Waals surface area (Å²) in [5.74, 6) is 1.23. The van der Waals surface area contributed by atoms with Crippen molar-refractivity contribution in [2.24, 2.45) is 0 Å². The van der Waals surface area contributed by atoms with Gasteiger partial charge in [-0.25, -0.2) is 0 Å². The molecule has 1 aromatic rings. The molecule has 0 aliphatic carbocycles. The third-order valence-electron chi connectivity index (χ3n) is 2.27. The summed E-state index contributed by atoms with van der Waals surface area (Å²) in [5, 5.41) is 4.12. The van der Waals surface area contributed by atoms with Crippen molar-refractivity contribution >= 4 is 55.0 Å². The Morgan fingerprint density at radius 3 is 2.86 bits per heavy atom. The topological polar surface area (TPSA) is 12.0 Å². The largest absolute Gasteiger partial charge is 0.297 e. The van der Waals surface area contributed by atoms with Gasteiger partial charge in [-0.2, -0.15) is 0 Å². The van der Waals surface area contributed by atoms with Crippen LogP contribution in [0.4, 0.5) is 0 Å². The molecule has 0 bridgehead atoms. The minimum atomic E-state index is 0.493. The van der Waals surface area contributed by atoms with Crippen LogP contribution in [-0.4, -0.2) is 11.8 Å². The summed E-state index contributed by atoms with van der Waals surface area (Å²) >= 11 is 10.9. The summed E-state index contributed by atoms with van der Waals surface area (Å²) in [6, 6.07) is 2.89. The first kappa shape index (κ1) is 11.5. The first-order valence-corrected chi connectivity index (χ1v) is 7.98. The van der Waals surface area contributed by atoms with Gasteiger partial charge in [0.15, 0.2) is 0 Å². The lowest BCUT2D eigenvalue weighted by molar-refractivity contribution is 0.564. The second-order valence-corrected chi connectivity index (χ2v) is 7.65. The van der Waals surface area contributed by atoms with Crippen LogP contribution < -0.4 is 5.32 Å². The number of thioether (sulfide) groups is 1. The van der Waals surface area contributed by atoms with Crippen molar-refractivity contribution in [2.75, 3.05) is 5.75 Å². The Morgan fingerprint density at radius 2 is 2.36 bits per heavy atom. The fourth-order valence-corrected chi connectivity index (χ4v) is 5.07. The molecule has 0 amide bonds. The molecule has 5 heteroatoms. The molecule has 0 radical (unpaired) electrons. The van der Waals surface area contributed by atoms with Crippen molar-refractivity contribution in [1.82, 2.24) is 5.32 Å². The molecule has 2 unspecified atom stereocenters. The zero-order chi connectivity index (χ0) is 10.1. The predicted molar refractivity (Wildman–Crippen MR) is 72.1 cm³/mol. The van der Waals surface area contributed by atoms with Crippen molar-refractivity contribution in [3.05, 3.63) is 19.2 Å². The van der Waals surface area contributed by atoms with E-state index in [9.17, 15) is 0 Å². The van der Waals surface area contributed by atoms with Gasteiger partial charge in [-0.05, 0) is 44.3 Å². The Kier molecular flexibility index (Phi) is 3.98. The Labute approximate surface area is 109 Å². The van der Waals surface area contributed by atoms with E-state index in [1.807, 2.05) is 23.1 Å². The first-order chi connectivity index (χ1) is 6.70. The molecule has 0 saturated carbocycles. The molecule has 78 valence electrons. The van der Waals surface area contributed by atoms with Crippen molar-refractivity contribution in [2.45, 2.75) is 24.8 Å². The summed E-state index contributed by atoms with van der Waals surface area (Å²) in [5.41, 5.74) is 0. The Hall–Kier alpha value is 0.970. The van der Waals surface area contributed by atoms with Gasteiger partial charge in [-0.3, -0.25) is 5.32 Å². The SMILES string of the molecule is CCC1CSC(c2cc(Br)c(Br)s2)N1. The first-order valence-electron chi connectivity index (χ1n) is 4.53. The smallest absolute Gasteiger partial charge is 0.0886 e. The third-order valence-corrected chi connectivity index (χ3v) is 7.06. The summed E-state index contributed by atoms with van der Waals surface area (Å²) in [4.78, 5) is 1.41. The molecule has 1 fully saturated rings. The van der Waals surface area contributed by atoms with Crippen LogP contribution >= 0.6 is 55.0 Å². The Balaban J connectivity index is 2.09. The summed E-state index contributed by atoms with van der Waals surface area (Å²) in [6.45, 7) is 2.24. The number of halogens is 2. The Bertz CT molecular complexity index is 307. The van der Waals surface area contributed by atoms with Gasteiger partial charge < -0.3 is 0 Å². The number of rotatable bonds is 2. The zero-order valence-corrected chi connectivity index (χ0v) is 12.5. The lowest BCUT2D eigenvalue weighted by Gasteiger charge is -2.09. The van der Waals surface area contributed by atoms with Crippen LogP contribution in [0.25, 0.3) is 0 Å². The molecule has 1 nitrogen and oxygen atoms in total. The molecule has 1 N–H and O–H groups in total. The molecule has 0 aromatic carbocycles. The van der Waals surface area contributed by atoms with Crippen LogP contribution in [0.2, 0.25) is 0 Å². The average Bonchev–Trinajstić information content (AvgIpc) is 2.74. The van der Waals surface area contributed by atoms with Crippen molar-refractivity contribution in [1.29, 1.82) is 0 Å². The summed E-state index contributed by atoms with van der Waals surface area (Å²) in [7, 11) is 0. The van der Waals surface area contributed by atoms with Crippen LogP contribution in [0.5, 0.6) is 0 Å². The van der Waals surface area contributed by atoms with Gasteiger partial charge in [0.05, 0.1) is 9.16 Å². The van der Waals surface area contributed by atoms with Crippen LogP contribution in [0, 0.1) is 0 Å². The molecule has 2 atom stereocenters. The van der Waals surface area contributed by atoms with Gasteiger partial charge in [0.1, 0.15) is 0 Å². The molecule has 1 aromatic heterocycles. The second kappa shape index (κ2) is 4.87. The molecule has 1 aliphatic heterocycles. The molecule has 14 heavy (non-hydrogen) atoms. The number of nitrogens with one attached hydrogen (secondary N) is 1. The number of thiophene rings is 1. The van der Waals surface area contributed by atoms with E-state index in [2.05, 4.69) is 50.2 Å². The van der Waals surface area contributed by atoms with Gasteiger partial charge in [0.25, 0.3) is 0 Å². The third kappa shape index (κ3) is 2.38. The fourth-order valence-electron chi connectivity index (χ4n) is 1.42. The second-order valence-electron chi connectivity index (χ2n) is 3.26. The molecule has 1 aliphatic rings. The quantitative estimate of drug-likeness (QED) is 0.843. The molecule has 0 spiro atoms. The standard InChI is InChI=1S/C9H11Br2NS2/c1-2-5-4-13-9(12-5)7-3-6(10)8(11)14-7/h3,5,9,12H,2,4H2,1H3. The molecular weight excluding hydrogens is 346 g/mol. The highest BCUT2D eigenvalue weighted by molar-refractivity contribution is 9.13. The van der Waals surface area contributed by atoms with E-state index < -0.39 is 0 Å². The molecular formula is C9H11Br2NS2. The van der Waals surface area contributed by atoms with E-state index in [1.54, 1.807) is 0 Å². The fraction of sp³-hybridized carbons (Fsp3) is 0.556. The molecule has 2 heterocycles. The predicted octanol–water partition coefficient (Wildman–Crippen LogP) is 4.39. The van der Waals surface area contributed by atoms with E-state index in [4.69, 9.17) is 0 Å². The van der Waals surface area contributed by atoms with Gasteiger partial charge in [0.2, 0.25) is 0 Å². The van der Waals surface area contributed by atoms with Crippen LogP contribution in [0.3, 0.4) is 0 Å². The maximum Gasteiger partial charge on any atom is 0.0886 e. The van der Waals surface area contributed by atoms with Crippen molar-refractivity contribution < 1.29 is 0 Å². The van der Waals surface area contributed by atoms with E-state index in [0.29, 0.717) is 11.4 Å².